The molecule has 1 aromatic heterocycles. The summed E-state index contributed by atoms with van der Waals surface area (Å²) in [6.45, 7) is 0. The zero-order chi connectivity index (χ0) is 17.3. The third kappa shape index (κ3) is 3.37. The molecule has 0 bridgehead atoms. The van der Waals surface area contributed by atoms with Gasteiger partial charge in [-0.3, -0.25) is 10.1 Å². The maximum Gasteiger partial charge on any atom is 0.322 e. The van der Waals surface area contributed by atoms with Crippen LogP contribution in [0.3, 0.4) is 0 Å². The molecule has 122 valence electrons. The summed E-state index contributed by atoms with van der Waals surface area (Å²) in [5.41, 5.74) is 0.0581. The summed E-state index contributed by atoms with van der Waals surface area (Å²) in [5.74, 6) is -2.41. The van der Waals surface area contributed by atoms with E-state index in [9.17, 15) is 13.6 Å². The Hall–Kier alpha value is -2.51. The first kappa shape index (κ1) is 16.4. The van der Waals surface area contributed by atoms with Crippen molar-refractivity contribution < 1.29 is 18.0 Å². The number of halogens is 4. The fraction of sp³-hybridized carbons (Fsp3) is 0. The fourth-order valence-electron chi connectivity index (χ4n) is 1.88. The molecule has 0 aliphatic heterocycles. The number of hydrogen-bond acceptors (Lipinski definition) is 4. The van der Waals surface area contributed by atoms with Crippen LogP contribution < -0.4 is 5.32 Å². The highest BCUT2D eigenvalue weighted by atomic mass is 35.5. The van der Waals surface area contributed by atoms with Gasteiger partial charge in [0.2, 0.25) is 0 Å². The van der Waals surface area contributed by atoms with Crippen LogP contribution >= 0.6 is 23.2 Å². The third-order valence-corrected chi connectivity index (χ3v) is 3.53. The highest BCUT2D eigenvalue weighted by Crippen LogP contribution is 2.25. The molecule has 0 aliphatic rings. The quantitative estimate of drug-likeness (QED) is 0.733. The van der Waals surface area contributed by atoms with Crippen LogP contribution in [0.2, 0.25) is 10.0 Å². The SMILES string of the molecule is O=C(Nc1nnc(-c2ccc(F)cc2F)o1)c1ccc(Cl)cc1Cl. The summed E-state index contributed by atoms with van der Waals surface area (Å²) < 4.78 is 31.7. The number of aromatic nitrogens is 2. The first-order chi connectivity index (χ1) is 11.4. The molecule has 5 nitrogen and oxygen atoms in total. The summed E-state index contributed by atoms with van der Waals surface area (Å²) in [6.07, 6.45) is 0. The van der Waals surface area contributed by atoms with Crippen LogP contribution in [0.5, 0.6) is 0 Å². The molecule has 1 amide bonds. The van der Waals surface area contributed by atoms with Gasteiger partial charge < -0.3 is 4.42 Å². The third-order valence-electron chi connectivity index (χ3n) is 2.98. The molecule has 0 saturated carbocycles. The van der Waals surface area contributed by atoms with Crippen LogP contribution in [0.25, 0.3) is 11.5 Å². The number of nitrogens with zero attached hydrogens (tertiary/aromatic N) is 2. The van der Waals surface area contributed by atoms with Gasteiger partial charge in [0, 0.05) is 11.1 Å². The zero-order valence-electron chi connectivity index (χ0n) is 11.7. The predicted octanol–water partition coefficient (Wildman–Crippen LogP) is 4.57. The van der Waals surface area contributed by atoms with Gasteiger partial charge in [-0.2, -0.15) is 0 Å². The number of anilines is 1. The smallest absolute Gasteiger partial charge is 0.322 e. The lowest BCUT2D eigenvalue weighted by molar-refractivity contribution is 0.102. The number of rotatable bonds is 3. The molecule has 24 heavy (non-hydrogen) atoms. The average molecular weight is 370 g/mol. The molecular weight excluding hydrogens is 363 g/mol. The lowest BCUT2D eigenvalue weighted by atomic mass is 10.2. The summed E-state index contributed by atoms with van der Waals surface area (Å²) in [5, 5.41) is 10.1. The van der Waals surface area contributed by atoms with E-state index in [1.165, 1.54) is 18.2 Å². The summed E-state index contributed by atoms with van der Waals surface area (Å²) in [4.78, 5) is 12.1. The lowest BCUT2D eigenvalue weighted by Crippen LogP contribution is -2.12. The van der Waals surface area contributed by atoms with Crippen LogP contribution in [-0.2, 0) is 0 Å². The first-order valence-corrected chi connectivity index (χ1v) is 7.25. The molecule has 0 atom stereocenters. The molecule has 0 fully saturated rings. The van der Waals surface area contributed by atoms with Gasteiger partial charge in [-0.15, -0.1) is 5.10 Å². The van der Waals surface area contributed by atoms with Gasteiger partial charge in [0.15, 0.2) is 0 Å². The van der Waals surface area contributed by atoms with Gasteiger partial charge in [0.05, 0.1) is 16.1 Å². The summed E-state index contributed by atoms with van der Waals surface area (Å²) in [6, 6.07) is 6.96. The molecule has 3 aromatic rings. The van der Waals surface area contributed by atoms with Crippen molar-refractivity contribution in [3.05, 3.63) is 63.6 Å². The van der Waals surface area contributed by atoms with Crippen LogP contribution in [0, 0.1) is 11.6 Å². The van der Waals surface area contributed by atoms with E-state index in [0.29, 0.717) is 11.1 Å². The second-order valence-corrected chi connectivity index (χ2v) is 5.46. The molecule has 9 heteroatoms. The van der Waals surface area contributed by atoms with Gasteiger partial charge in [-0.25, -0.2) is 8.78 Å². The molecule has 0 unspecified atom stereocenters. The van der Waals surface area contributed by atoms with Crippen molar-refractivity contribution in [3.63, 3.8) is 0 Å². The number of benzene rings is 2. The minimum Gasteiger partial charge on any atom is -0.403 e. The van der Waals surface area contributed by atoms with Crippen LogP contribution in [0.4, 0.5) is 14.8 Å². The Morgan fingerprint density at radius 3 is 2.58 bits per heavy atom. The molecule has 1 heterocycles. The van der Waals surface area contributed by atoms with E-state index in [4.69, 9.17) is 27.6 Å². The Morgan fingerprint density at radius 1 is 1.08 bits per heavy atom. The second-order valence-electron chi connectivity index (χ2n) is 4.61. The van der Waals surface area contributed by atoms with E-state index >= 15 is 0 Å². The fourth-order valence-corrected chi connectivity index (χ4v) is 2.38. The van der Waals surface area contributed by atoms with Crippen molar-refractivity contribution in [1.82, 2.24) is 10.2 Å². The van der Waals surface area contributed by atoms with Crippen molar-refractivity contribution in [2.75, 3.05) is 5.32 Å². The molecule has 0 spiro atoms. The van der Waals surface area contributed by atoms with Gasteiger partial charge >= 0.3 is 6.01 Å². The maximum atomic E-state index is 13.7. The van der Waals surface area contributed by atoms with Crippen molar-refractivity contribution in [2.24, 2.45) is 0 Å². The molecule has 1 N–H and O–H groups in total. The molecule has 0 radical (unpaired) electrons. The van der Waals surface area contributed by atoms with Crippen molar-refractivity contribution in [3.8, 4) is 11.5 Å². The monoisotopic (exact) mass is 369 g/mol. The van der Waals surface area contributed by atoms with Crippen LogP contribution in [-0.4, -0.2) is 16.1 Å². The minimum absolute atomic E-state index is 0.0890. The minimum atomic E-state index is -0.864. The molecular formula is C15H7Cl2F2N3O2. The van der Waals surface area contributed by atoms with E-state index in [0.717, 1.165) is 12.1 Å². The van der Waals surface area contributed by atoms with E-state index in [2.05, 4.69) is 15.5 Å². The molecule has 2 aromatic carbocycles. The van der Waals surface area contributed by atoms with E-state index in [-0.39, 0.29) is 28.1 Å². The Bertz CT molecular complexity index is 931. The maximum absolute atomic E-state index is 13.7. The number of carbonyl (C=O) groups is 1. The van der Waals surface area contributed by atoms with E-state index in [1.54, 1.807) is 0 Å². The number of hydrogen-bond donors (Lipinski definition) is 1. The highest BCUT2D eigenvalue weighted by molar-refractivity contribution is 6.37. The number of nitrogens with one attached hydrogen (secondary N) is 1. The average Bonchev–Trinajstić information content (AvgIpc) is 2.95. The Morgan fingerprint density at radius 2 is 1.88 bits per heavy atom. The lowest BCUT2D eigenvalue weighted by Gasteiger charge is -2.03. The van der Waals surface area contributed by atoms with Gasteiger partial charge in [0.25, 0.3) is 11.8 Å². The largest absolute Gasteiger partial charge is 0.403 e. The van der Waals surface area contributed by atoms with Crippen LogP contribution in [0.15, 0.2) is 40.8 Å². The Labute approximate surface area is 144 Å². The second kappa shape index (κ2) is 6.54. The van der Waals surface area contributed by atoms with E-state index in [1.807, 2.05) is 0 Å². The van der Waals surface area contributed by atoms with Gasteiger partial charge in [-0.1, -0.05) is 28.3 Å². The molecule has 0 aliphatic carbocycles. The number of carbonyl (C=O) groups excluding carboxylic acids is 1. The standard InChI is InChI=1S/C15H7Cl2F2N3O2/c16-7-1-3-9(11(17)5-7)13(23)20-15-22-21-14(24-15)10-4-2-8(18)6-12(10)19/h1-6H,(H,20,22,23). The van der Waals surface area contributed by atoms with E-state index < -0.39 is 17.5 Å². The Balaban J connectivity index is 1.82. The summed E-state index contributed by atoms with van der Waals surface area (Å²) >= 11 is 11.7. The highest BCUT2D eigenvalue weighted by Gasteiger charge is 2.17. The van der Waals surface area contributed by atoms with Crippen LogP contribution in [0.1, 0.15) is 10.4 Å². The Kier molecular flexibility index (Phi) is 4.46. The predicted molar refractivity (Wildman–Crippen MR) is 84.1 cm³/mol. The number of amides is 1. The normalized spacial score (nSPS) is 10.7. The van der Waals surface area contributed by atoms with Gasteiger partial charge in [-0.05, 0) is 30.3 Å². The molecule has 3 rings (SSSR count). The summed E-state index contributed by atoms with van der Waals surface area (Å²) in [7, 11) is 0. The van der Waals surface area contributed by atoms with Crippen molar-refractivity contribution in [1.29, 1.82) is 0 Å². The van der Waals surface area contributed by atoms with Gasteiger partial charge in [0.1, 0.15) is 11.6 Å². The first-order valence-electron chi connectivity index (χ1n) is 6.49. The topological polar surface area (TPSA) is 68.0 Å². The zero-order valence-corrected chi connectivity index (χ0v) is 13.2. The molecule has 0 saturated heterocycles. The van der Waals surface area contributed by atoms with Crippen molar-refractivity contribution in [2.45, 2.75) is 0 Å². The van der Waals surface area contributed by atoms with Crippen molar-refractivity contribution >= 4 is 35.1 Å².